The van der Waals surface area contributed by atoms with Crippen LogP contribution in [-0.4, -0.2) is 27.2 Å². The van der Waals surface area contributed by atoms with E-state index in [1.165, 1.54) is 25.7 Å². The number of fused-ring (bicyclic) bond motifs is 4. The quantitative estimate of drug-likeness (QED) is 0.718. The second-order valence-electron chi connectivity index (χ2n) is 8.16. The van der Waals surface area contributed by atoms with Crippen LogP contribution < -0.4 is 0 Å². The van der Waals surface area contributed by atoms with Gasteiger partial charge in [-0.05, 0) is 38.5 Å². The molecule has 3 nitrogen and oxygen atoms in total. The molecule has 0 unspecified atom stereocenters. The molecule has 4 fully saturated rings. The van der Waals surface area contributed by atoms with Crippen LogP contribution in [0.15, 0.2) is 0 Å². The van der Waals surface area contributed by atoms with E-state index in [1.54, 1.807) is 0 Å². The lowest BCUT2D eigenvalue weighted by molar-refractivity contribution is -0.399. The van der Waals surface area contributed by atoms with Crippen LogP contribution >= 0.6 is 0 Å². The van der Waals surface area contributed by atoms with E-state index in [4.69, 9.17) is 4.74 Å². The zero-order valence-corrected chi connectivity index (χ0v) is 13.1. The van der Waals surface area contributed by atoms with Crippen molar-refractivity contribution in [3.8, 4) is 0 Å². The van der Waals surface area contributed by atoms with Gasteiger partial charge in [0.1, 0.15) is 0 Å². The molecular formula is C18H30O3. The third kappa shape index (κ3) is 2.04. The first-order chi connectivity index (χ1) is 10.1. The van der Waals surface area contributed by atoms with Gasteiger partial charge in [-0.15, -0.1) is 0 Å². The summed E-state index contributed by atoms with van der Waals surface area (Å²) in [6, 6.07) is 0. The Morgan fingerprint density at radius 3 is 2.05 bits per heavy atom. The molecule has 4 aliphatic rings. The van der Waals surface area contributed by atoms with Crippen LogP contribution in [0.1, 0.15) is 83.5 Å². The fourth-order valence-electron chi connectivity index (χ4n) is 6.23. The second kappa shape index (κ2) is 4.94. The first-order valence-electron chi connectivity index (χ1n) is 9.24. The third-order valence-electron chi connectivity index (χ3n) is 7.06. The third-order valence-corrected chi connectivity index (χ3v) is 7.06. The summed E-state index contributed by atoms with van der Waals surface area (Å²) in [4.78, 5) is 0. The Kier molecular flexibility index (Phi) is 3.40. The summed E-state index contributed by atoms with van der Waals surface area (Å²) in [5.74, 6) is -0.864. The molecule has 3 heteroatoms. The largest absolute Gasteiger partial charge is 0.389 e. The van der Waals surface area contributed by atoms with Gasteiger partial charge in [-0.2, -0.15) is 0 Å². The van der Waals surface area contributed by atoms with Crippen molar-refractivity contribution in [3.05, 3.63) is 0 Å². The Bertz CT molecular complexity index is 396. The van der Waals surface area contributed by atoms with Crippen LogP contribution in [0, 0.1) is 11.8 Å². The standard InChI is InChI=1S/C18H30O3/c19-17-12-6-2-8-14(17)16(10-4-1-5-11-16)21-18(20)13-7-3-9-15(17)18/h14-15,19-20H,1-13H2/t14-,15+,17+,18-/m0/s1. The van der Waals surface area contributed by atoms with E-state index in [0.717, 1.165) is 51.4 Å². The van der Waals surface area contributed by atoms with Crippen molar-refractivity contribution in [2.75, 3.05) is 0 Å². The Hall–Kier alpha value is -0.120. The number of hydrogen-bond acceptors (Lipinski definition) is 3. The van der Waals surface area contributed by atoms with Gasteiger partial charge in [0.25, 0.3) is 0 Å². The molecule has 1 aliphatic heterocycles. The van der Waals surface area contributed by atoms with Gasteiger partial charge >= 0.3 is 0 Å². The zero-order valence-electron chi connectivity index (χ0n) is 13.1. The van der Waals surface area contributed by atoms with Crippen LogP contribution in [0.5, 0.6) is 0 Å². The van der Waals surface area contributed by atoms with Crippen LogP contribution in [0.2, 0.25) is 0 Å². The molecule has 2 N–H and O–H groups in total. The van der Waals surface area contributed by atoms with Crippen molar-refractivity contribution < 1.29 is 14.9 Å². The fourth-order valence-corrected chi connectivity index (χ4v) is 6.23. The van der Waals surface area contributed by atoms with Gasteiger partial charge in [0.05, 0.1) is 11.2 Å². The van der Waals surface area contributed by atoms with E-state index in [2.05, 4.69) is 0 Å². The van der Waals surface area contributed by atoms with Gasteiger partial charge in [0, 0.05) is 18.3 Å². The van der Waals surface area contributed by atoms with E-state index in [-0.39, 0.29) is 17.4 Å². The normalized spacial score (nSPS) is 49.4. The maximum Gasteiger partial charge on any atom is 0.171 e. The van der Waals surface area contributed by atoms with Gasteiger partial charge in [-0.25, -0.2) is 0 Å². The Morgan fingerprint density at radius 1 is 0.667 bits per heavy atom. The number of aliphatic hydroxyl groups is 2. The summed E-state index contributed by atoms with van der Waals surface area (Å²) in [5, 5.41) is 22.9. The Labute approximate surface area is 128 Å². The predicted octanol–water partition coefficient (Wildman–Crippen LogP) is 3.52. The lowest BCUT2D eigenvalue weighted by Crippen LogP contribution is -2.72. The lowest BCUT2D eigenvalue weighted by atomic mass is 9.53. The summed E-state index contributed by atoms with van der Waals surface area (Å²) in [6.07, 6.45) is 13.8. The van der Waals surface area contributed by atoms with Gasteiger partial charge in [0.2, 0.25) is 0 Å². The van der Waals surface area contributed by atoms with E-state index in [1.807, 2.05) is 0 Å². The molecule has 0 aromatic rings. The predicted molar refractivity (Wildman–Crippen MR) is 80.7 cm³/mol. The second-order valence-corrected chi connectivity index (χ2v) is 8.16. The van der Waals surface area contributed by atoms with Gasteiger partial charge < -0.3 is 14.9 Å². The minimum atomic E-state index is -1.06. The van der Waals surface area contributed by atoms with E-state index in [9.17, 15) is 10.2 Å². The monoisotopic (exact) mass is 294 g/mol. The first-order valence-corrected chi connectivity index (χ1v) is 9.24. The highest BCUT2D eigenvalue weighted by Crippen LogP contribution is 2.61. The number of ether oxygens (including phenoxy) is 1. The minimum absolute atomic E-state index is 0.0587. The molecule has 3 aliphatic carbocycles. The summed E-state index contributed by atoms with van der Waals surface area (Å²) in [6.45, 7) is 0. The minimum Gasteiger partial charge on any atom is -0.389 e. The molecular weight excluding hydrogens is 264 g/mol. The molecule has 1 spiro atoms. The summed E-state index contributed by atoms with van der Waals surface area (Å²) < 4.78 is 6.54. The molecule has 4 atom stereocenters. The van der Waals surface area contributed by atoms with Crippen LogP contribution in [0.25, 0.3) is 0 Å². The summed E-state index contributed by atoms with van der Waals surface area (Å²) >= 11 is 0. The summed E-state index contributed by atoms with van der Waals surface area (Å²) in [5.41, 5.74) is -0.918. The summed E-state index contributed by atoms with van der Waals surface area (Å²) in [7, 11) is 0. The van der Waals surface area contributed by atoms with E-state index >= 15 is 0 Å². The molecule has 1 heterocycles. The van der Waals surface area contributed by atoms with Crippen molar-refractivity contribution in [1.29, 1.82) is 0 Å². The molecule has 0 radical (unpaired) electrons. The van der Waals surface area contributed by atoms with Crippen molar-refractivity contribution in [2.24, 2.45) is 11.8 Å². The van der Waals surface area contributed by atoms with Crippen molar-refractivity contribution in [2.45, 2.75) is 100 Å². The SMILES string of the molecule is O[C@]12CCCC[C@H]1C1(CCCCC1)O[C@@]1(O)CCCC[C@H]21. The van der Waals surface area contributed by atoms with Crippen LogP contribution in [0.3, 0.4) is 0 Å². The van der Waals surface area contributed by atoms with Gasteiger partial charge in [0.15, 0.2) is 5.79 Å². The molecule has 120 valence electrons. The maximum absolute atomic E-state index is 11.6. The molecule has 0 amide bonds. The van der Waals surface area contributed by atoms with Crippen LogP contribution in [0.4, 0.5) is 0 Å². The average Bonchev–Trinajstić information content (AvgIpc) is 2.47. The molecule has 0 aromatic heterocycles. The molecule has 3 saturated carbocycles. The van der Waals surface area contributed by atoms with Crippen LogP contribution in [-0.2, 0) is 4.74 Å². The van der Waals surface area contributed by atoms with Crippen molar-refractivity contribution in [1.82, 2.24) is 0 Å². The molecule has 4 rings (SSSR count). The first kappa shape index (κ1) is 14.5. The highest BCUT2D eigenvalue weighted by atomic mass is 16.6. The van der Waals surface area contributed by atoms with Crippen molar-refractivity contribution >= 4 is 0 Å². The van der Waals surface area contributed by atoms with E-state index < -0.39 is 11.4 Å². The Morgan fingerprint density at radius 2 is 1.29 bits per heavy atom. The fraction of sp³-hybridized carbons (Fsp3) is 1.00. The maximum atomic E-state index is 11.6. The van der Waals surface area contributed by atoms with Gasteiger partial charge in [-0.3, -0.25) is 0 Å². The number of hydrogen-bond donors (Lipinski definition) is 2. The highest BCUT2D eigenvalue weighted by Gasteiger charge is 2.66. The molecule has 0 aromatic carbocycles. The zero-order chi connectivity index (χ0) is 14.6. The van der Waals surface area contributed by atoms with Crippen molar-refractivity contribution in [3.63, 3.8) is 0 Å². The smallest absolute Gasteiger partial charge is 0.171 e. The lowest BCUT2D eigenvalue weighted by Gasteiger charge is -2.65. The molecule has 0 bridgehead atoms. The average molecular weight is 294 g/mol. The molecule has 21 heavy (non-hydrogen) atoms. The highest BCUT2D eigenvalue weighted by molar-refractivity contribution is 5.13. The topological polar surface area (TPSA) is 49.7 Å². The Balaban J connectivity index is 1.76. The van der Waals surface area contributed by atoms with Gasteiger partial charge in [-0.1, -0.05) is 38.5 Å². The van der Waals surface area contributed by atoms with E-state index in [0.29, 0.717) is 6.42 Å². The number of rotatable bonds is 0. The molecule has 1 saturated heterocycles.